The third kappa shape index (κ3) is 7.84. The fourth-order valence-corrected chi connectivity index (χ4v) is 2.18. The second-order valence-corrected chi connectivity index (χ2v) is 8.70. The Hall–Kier alpha value is -2.32. The van der Waals surface area contributed by atoms with Gasteiger partial charge in [0.25, 0.3) is 0 Å². The molecule has 0 bridgehead atoms. The number of carbonyl (C=O) groups is 4. The van der Waals surface area contributed by atoms with Gasteiger partial charge in [0.1, 0.15) is 17.5 Å². The quantitative estimate of drug-likeness (QED) is 0.722. The van der Waals surface area contributed by atoms with Gasteiger partial charge in [-0.05, 0) is 41.5 Å². The van der Waals surface area contributed by atoms with E-state index in [1.807, 2.05) is 20.8 Å². The van der Waals surface area contributed by atoms with Crippen LogP contribution in [0.4, 0.5) is 9.59 Å². The molecule has 0 aromatic rings. The van der Waals surface area contributed by atoms with Crippen LogP contribution in [0.3, 0.4) is 0 Å². The summed E-state index contributed by atoms with van der Waals surface area (Å²) in [6.45, 7) is 12.3. The Morgan fingerprint density at radius 2 is 1.22 bits per heavy atom. The van der Waals surface area contributed by atoms with E-state index in [4.69, 9.17) is 14.6 Å². The highest BCUT2D eigenvalue weighted by atomic mass is 16.6. The lowest BCUT2D eigenvalue weighted by Crippen LogP contribution is -2.54. The maximum Gasteiger partial charge on any atom is 0.410 e. The Morgan fingerprint density at radius 3 is 1.52 bits per heavy atom. The lowest BCUT2D eigenvalue weighted by atomic mass is 10.0. The number of likely N-dealkylation sites (tertiary alicyclic amines) is 2. The number of hydrogen-bond donors (Lipinski definition) is 1. The number of carboxylic acid groups (broad SMARTS) is 1. The maximum absolute atomic E-state index is 11.3. The predicted octanol–water partition coefficient (Wildman–Crippen LogP) is 1.99. The maximum atomic E-state index is 11.3. The molecule has 2 heterocycles. The highest BCUT2D eigenvalue weighted by molar-refractivity contribution is 5.76. The lowest BCUT2D eigenvalue weighted by molar-refractivity contribution is -0.146. The molecule has 1 N–H and O–H groups in total. The molecule has 2 aliphatic rings. The molecule has 154 valence electrons. The number of rotatable bonds is 2. The molecule has 9 heteroatoms. The van der Waals surface area contributed by atoms with Gasteiger partial charge in [0.15, 0.2) is 0 Å². The van der Waals surface area contributed by atoms with Crippen LogP contribution in [0.1, 0.15) is 41.5 Å². The molecular weight excluding hydrogens is 356 g/mol. The average molecular weight is 386 g/mol. The third-order valence-electron chi connectivity index (χ3n) is 3.64. The minimum atomic E-state index is -0.857. The van der Waals surface area contributed by atoms with Gasteiger partial charge in [0.2, 0.25) is 0 Å². The Labute approximate surface area is 159 Å². The lowest BCUT2D eigenvalue weighted by Gasteiger charge is -2.37. The van der Waals surface area contributed by atoms with E-state index in [0.717, 1.165) is 6.29 Å². The van der Waals surface area contributed by atoms with E-state index in [0.29, 0.717) is 13.1 Å². The summed E-state index contributed by atoms with van der Waals surface area (Å²) in [6, 6.07) is 0. The molecule has 2 aliphatic heterocycles. The van der Waals surface area contributed by atoms with Crippen molar-refractivity contribution in [1.29, 1.82) is 0 Å². The molecule has 0 spiro atoms. The highest BCUT2D eigenvalue weighted by Gasteiger charge is 2.37. The van der Waals surface area contributed by atoms with Crippen LogP contribution >= 0.6 is 0 Å². The largest absolute Gasteiger partial charge is 0.481 e. The van der Waals surface area contributed by atoms with Crippen molar-refractivity contribution < 1.29 is 33.8 Å². The predicted molar refractivity (Wildman–Crippen MR) is 96.3 cm³/mol. The van der Waals surface area contributed by atoms with Crippen molar-refractivity contribution >= 4 is 24.4 Å². The van der Waals surface area contributed by atoms with E-state index < -0.39 is 29.2 Å². The number of carboxylic acids is 1. The smallest absolute Gasteiger partial charge is 0.410 e. The van der Waals surface area contributed by atoms with Gasteiger partial charge in [-0.3, -0.25) is 4.79 Å². The Balaban J connectivity index is 0.000000271. The summed E-state index contributed by atoms with van der Waals surface area (Å²) in [4.78, 5) is 46.3. The first kappa shape index (κ1) is 22.7. The first-order chi connectivity index (χ1) is 12.2. The van der Waals surface area contributed by atoms with E-state index in [2.05, 4.69) is 0 Å². The van der Waals surface area contributed by atoms with Gasteiger partial charge in [-0.15, -0.1) is 0 Å². The van der Waals surface area contributed by atoms with Gasteiger partial charge < -0.3 is 29.2 Å². The minimum Gasteiger partial charge on any atom is -0.481 e. The highest BCUT2D eigenvalue weighted by Crippen LogP contribution is 2.19. The Bertz CT molecular complexity index is 565. The molecule has 0 saturated carbocycles. The van der Waals surface area contributed by atoms with Gasteiger partial charge >= 0.3 is 18.2 Å². The van der Waals surface area contributed by atoms with Crippen molar-refractivity contribution in [3.05, 3.63) is 0 Å². The summed E-state index contributed by atoms with van der Waals surface area (Å²) in [7, 11) is 0. The standard InChI is InChI=1S/C9H15NO4.C9H15NO3/c1-9(2,3)14-8(13)10-4-6(5-10)7(11)12;1-9(2,3)13-8(12)10-4-7(5-10)6-11/h6H,4-5H2,1-3H3,(H,11,12);6-7H,4-5H2,1-3H3. The topological polar surface area (TPSA) is 113 Å². The first-order valence-electron chi connectivity index (χ1n) is 8.86. The zero-order chi connectivity index (χ0) is 21.0. The second kappa shape index (κ2) is 8.58. The molecule has 2 rings (SSSR count). The van der Waals surface area contributed by atoms with Crippen LogP contribution in [0.15, 0.2) is 0 Å². The molecule has 2 amide bonds. The van der Waals surface area contributed by atoms with Crippen LogP contribution in [0, 0.1) is 11.8 Å². The fraction of sp³-hybridized carbons (Fsp3) is 0.778. The third-order valence-corrected chi connectivity index (χ3v) is 3.64. The molecule has 0 radical (unpaired) electrons. The Morgan fingerprint density at radius 1 is 0.852 bits per heavy atom. The molecule has 0 aliphatic carbocycles. The molecule has 9 nitrogen and oxygen atoms in total. The number of amides is 2. The van der Waals surface area contributed by atoms with Gasteiger partial charge in [0, 0.05) is 26.2 Å². The second-order valence-electron chi connectivity index (χ2n) is 8.70. The van der Waals surface area contributed by atoms with Crippen LogP contribution in [-0.2, 0) is 19.1 Å². The summed E-state index contributed by atoms with van der Waals surface area (Å²) < 4.78 is 10.2. The summed E-state index contributed by atoms with van der Waals surface area (Å²) >= 11 is 0. The van der Waals surface area contributed by atoms with E-state index in [-0.39, 0.29) is 25.1 Å². The molecule has 27 heavy (non-hydrogen) atoms. The number of carbonyl (C=O) groups excluding carboxylic acids is 3. The van der Waals surface area contributed by atoms with Gasteiger partial charge in [0.05, 0.1) is 11.8 Å². The average Bonchev–Trinajstić information content (AvgIpc) is 2.30. The van der Waals surface area contributed by atoms with Gasteiger partial charge in [-0.25, -0.2) is 9.59 Å². The fourth-order valence-electron chi connectivity index (χ4n) is 2.18. The van der Waals surface area contributed by atoms with Crippen molar-refractivity contribution in [2.45, 2.75) is 52.7 Å². The van der Waals surface area contributed by atoms with Crippen LogP contribution < -0.4 is 0 Å². The first-order valence-corrected chi connectivity index (χ1v) is 8.86. The van der Waals surface area contributed by atoms with Crippen molar-refractivity contribution in [2.24, 2.45) is 11.8 Å². The molecule has 0 atom stereocenters. The molecule has 0 aromatic heterocycles. The van der Waals surface area contributed by atoms with Crippen molar-refractivity contribution in [3.8, 4) is 0 Å². The molecular formula is C18H30N2O7. The number of nitrogens with zero attached hydrogens (tertiary/aromatic N) is 2. The number of ether oxygens (including phenoxy) is 2. The summed E-state index contributed by atoms with van der Waals surface area (Å²) in [6.07, 6.45) is 0.113. The zero-order valence-corrected chi connectivity index (χ0v) is 16.9. The van der Waals surface area contributed by atoms with Crippen LogP contribution in [-0.4, -0.2) is 76.7 Å². The zero-order valence-electron chi connectivity index (χ0n) is 16.9. The minimum absolute atomic E-state index is 0.00696. The summed E-state index contributed by atoms with van der Waals surface area (Å²) in [5.74, 6) is -1.28. The number of hydrogen-bond acceptors (Lipinski definition) is 6. The molecule has 0 unspecified atom stereocenters. The van der Waals surface area contributed by atoms with Gasteiger partial charge in [-0.1, -0.05) is 0 Å². The summed E-state index contributed by atoms with van der Waals surface area (Å²) in [5.41, 5.74) is -0.977. The normalized spacial score (nSPS) is 17.7. The van der Waals surface area contributed by atoms with Crippen LogP contribution in [0.25, 0.3) is 0 Å². The van der Waals surface area contributed by atoms with Gasteiger partial charge in [-0.2, -0.15) is 0 Å². The SMILES string of the molecule is CC(C)(C)OC(=O)N1CC(C(=O)O)C1.CC(C)(C)OC(=O)N1CC(C=O)C1. The number of aliphatic carboxylic acids is 1. The summed E-state index contributed by atoms with van der Waals surface area (Å²) in [5, 5.41) is 8.59. The van der Waals surface area contributed by atoms with Crippen molar-refractivity contribution in [3.63, 3.8) is 0 Å². The van der Waals surface area contributed by atoms with Crippen LogP contribution in [0.2, 0.25) is 0 Å². The van der Waals surface area contributed by atoms with E-state index >= 15 is 0 Å². The van der Waals surface area contributed by atoms with Crippen molar-refractivity contribution in [1.82, 2.24) is 9.80 Å². The van der Waals surface area contributed by atoms with Crippen molar-refractivity contribution in [2.75, 3.05) is 26.2 Å². The Kier molecular flexibility index (Phi) is 7.22. The van der Waals surface area contributed by atoms with E-state index in [1.165, 1.54) is 9.80 Å². The van der Waals surface area contributed by atoms with Crippen LogP contribution in [0.5, 0.6) is 0 Å². The van der Waals surface area contributed by atoms with E-state index in [9.17, 15) is 19.2 Å². The molecule has 0 aromatic carbocycles. The van der Waals surface area contributed by atoms with E-state index in [1.54, 1.807) is 20.8 Å². The number of aldehydes is 1. The monoisotopic (exact) mass is 386 g/mol. The molecule has 2 saturated heterocycles. The molecule has 2 fully saturated rings.